The van der Waals surface area contributed by atoms with Crippen molar-refractivity contribution in [3.63, 3.8) is 0 Å². The lowest BCUT2D eigenvalue weighted by atomic mass is 10.1. The van der Waals surface area contributed by atoms with Gasteiger partial charge >= 0.3 is 0 Å². The molecule has 0 atom stereocenters. The van der Waals surface area contributed by atoms with Gasteiger partial charge in [-0.1, -0.05) is 11.6 Å². The average molecular weight is 263 g/mol. The fourth-order valence-electron chi connectivity index (χ4n) is 2.06. The summed E-state index contributed by atoms with van der Waals surface area (Å²) in [6.45, 7) is 2.01. The van der Waals surface area contributed by atoms with E-state index in [1.165, 1.54) is 0 Å². The molecule has 1 N–H and O–H groups in total. The van der Waals surface area contributed by atoms with Crippen LogP contribution in [0.15, 0.2) is 55.0 Å². The molecule has 2 aromatic heterocycles. The maximum Gasteiger partial charge on any atom is 0.257 e. The molecule has 1 aromatic carbocycles. The highest BCUT2D eigenvalue weighted by atomic mass is 16.1. The Bertz CT molecular complexity index is 769. The number of fused-ring (bicyclic) bond motifs is 1. The molecule has 0 radical (unpaired) electrons. The highest BCUT2D eigenvalue weighted by molar-refractivity contribution is 6.08. The third-order valence-electron chi connectivity index (χ3n) is 3.07. The summed E-state index contributed by atoms with van der Waals surface area (Å²) in [5, 5.41) is 3.84. The molecule has 1 amide bonds. The molecule has 98 valence electrons. The van der Waals surface area contributed by atoms with Crippen LogP contribution in [0.4, 0.5) is 5.69 Å². The van der Waals surface area contributed by atoms with Gasteiger partial charge in [0, 0.05) is 24.0 Å². The number of hydrogen-bond acceptors (Lipinski definition) is 3. The lowest BCUT2D eigenvalue weighted by Crippen LogP contribution is -2.12. The van der Waals surface area contributed by atoms with Gasteiger partial charge in [0.1, 0.15) is 0 Å². The number of carbonyl (C=O) groups is 1. The van der Waals surface area contributed by atoms with Gasteiger partial charge in [0.25, 0.3) is 5.91 Å². The first kappa shape index (κ1) is 12.3. The van der Waals surface area contributed by atoms with Gasteiger partial charge in [0.15, 0.2) is 0 Å². The zero-order valence-electron chi connectivity index (χ0n) is 11.0. The standard InChI is InChI=1S/C16H13N3O/c1-11-4-5-14-13(9-11)15(6-8-18-14)19-16(20)12-3-2-7-17-10-12/h2-10H,1H3,(H,18,19,20). The van der Waals surface area contributed by atoms with Gasteiger partial charge in [-0.15, -0.1) is 0 Å². The molecular formula is C16H13N3O. The van der Waals surface area contributed by atoms with Crippen LogP contribution in [0.25, 0.3) is 10.9 Å². The summed E-state index contributed by atoms with van der Waals surface area (Å²) in [4.78, 5) is 20.4. The summed E-state index contributed by atoms with van der Waals surface area (Å²) >= 11 is 0. The number of nitrogens with one attached hydrogen (secondary N) is 1. The number of carbonyl (C=O) groups excluding carboxylic acids is 1. The summed E-state index contributed by atoms with van der Waals surface area (Å²) in [5.41, 5.74) is 3.28. The first-order valence-corrected chi connectivity index (χ1v) is 6.31. The predicted octanol–water partition coefficient (Wildman–Crippen LogP) is 3.19. The van der Waals surface area contributed by atoms with Gasteiger partial charge in [0.2, 0.25) is 0 Å². The van der Waals surface area contributed by atoms with E-state index >= 15 is 0 Å². The minimum Gasteiger partial charge on any atom is -0.321 e. The van der Waals surface area contributed by atoms with Crippen LogP contribution < -0.4 is 5.32 Å². The van der Waals surface area contributed by atoms with Crippen LogP contribution in [0.5, 0.6) is 0 Å². The highest BCUT2D eigenvalue weighted by Crippen LogP contribution is 2.23. The van der Waals surface area contributed by atoms with Crippen molar-refractivity contribution in [1.29, 1.82) is 0 Å². The summed E-state index contributed by atoms with van der Waals surface area (Å²) in [6, 6.07) is 11.2. The second kappa shape index (κ2) is 5.09. The van der Waals surface area contributed by atoms with Crippen LogP contribution in [0.1, 0.15) is 15.9 Å². The second-order valence-electron chi connectivity index (χ2n) is 4.57. The summed E-state index contributed by atoms with van der Waals surface area (Å²) in [6.07, 6.45) is 4.88. The Kier molecular flexibility index (Phi) is 3.13. The Hall–Kier alpha value is -2.75. The Balaban J connectivity index is 1.99. The van der Waals surface area contributed by atoms with Crippen LogP contribution >= 0.6 is 0 Å². The van der Waals surface area contributed by atoms with Crippen molar-refractivity contribution < 1.29 is 4.79 Å². The number of benzene rings is 1. The molecule has 20 heavy (non-hydrogen) atoms. The molecule has 4 heteroatoms. The normalized spacial score (nSPS) is 10.4. The molecule has 3 rings (SSSR count). The number of aromatic nitrogens is 2. The maximum atomic E-state index is 12.2. The van der Waals surface area contributed by atoms with Gasteiger partial charge in [-0.2, -0.15) is 0 Å². The molecule has 2 heterocycles. The maximum absolute atomic E-state index is 12.2. The molecule has 4 nitrogen and oxygen atoms in total. The van der Waals surface area contributed by atoms with E-state index in [0.29, 0.717) is 5.56 Å². The van der Waals surface area contributed by atoms with E-state index in [4.69, 9.17) is 0 Å². The van der Waals surface area contributed by atoms with Gasteiger partial charge in [-0.3, -0.25) is 14.8 Å². The van der Waals surface area contributed by atoms with Crippen molar-refractivity contribution in [3.05, 3.63) is 66.1 Å². The first-order chi connectivity index (χ1) is 9.74. The van der Waals surface area contributed by atoms with Gasteiger partial charge < -0.3 is 5.32 Å². The van der Waals surface area contributed by atoms with Crippen molar-refractivity contribution >= 4 is 22.5 Å². The highest BCUT2D eigenvalue weighted by Gasteiger charge is 2.08. The third-order valence-corrected chi connectivity index (χ3v) is 3.07. The van der Waals surface area contributed by atoms with E-state index in [-0.39, 0.29) is 5.91 Å². The zero-order chi connectivity index (χ0) is 13.9. The van der Waals surface area contributed by atoms with Crippen molar-refractivity contribution in [2.75, 3.05) is 5.32 Å². The van der Waals surface area contributed by atoms with E-state index in [1.54, 1.807) is 36.8 Å². The van der Waals surface area contributed by atoms with Crippen LogP contribution in [0.3, 0.4) is 0 Å². The molecule has 0 saturated carbocycles. The number of aryl methyl sites for hydroxylation is 1. The third kappa shape index (κ3) is 2.36. The minimum absolute atomic E-state index is 0.174. The Morgan fingerprint density at radius 1 is 1.15 bits per heavy atom. The summed E-state index contributed by atoms with van der Waals surface area (Å²) in [7, 11) is 0. The number of nitrogens with zero attached hydrogens (tertiary/aromatic N) is 2. The number of pyridine rings is 2. The fourth-order valence-corrected chi connectivity index (χ4v) is 2.06. The van der Waals surface area contributed by atoms with Crippen molar-refractivity contribution in [3.8, 4) is 0 Å². The molecule has 0 spiro atoms. The SMILES string of the molecule is Cc1ccc2nccc(NC(=O)c3cccnc3)c2c1. The lowest BCUT2D eigenvalue weighted by molar-refractivity contribution is 0.102. The minimum atomic E-state index is -0.174. The second-order valence-corrected chi connectivity index (χ2v) is 4.57. The Morgan fingerprint density at radius 2 is 2.05 bits per heavy atom. The topological polar surface area (TPSA) is 54.9 Å². The molecule has 0 aliphatic rings. The van der Waals surface area contributed by atoms with Crippen LogP contribution in [0, 0.1) is 6.92 Å². The van der Waals surface area contributed by atoms with E-state index in [2.05, 4.69) is 15.3 Å². The largest absolute Gasteiger partial charge is 0.321 e. The molecule has 3 aromatic rings. The van der Waals surface area contributed by atoms with Crippen molar-refractivity contribution in [2.45, 2.75) is 6.92 Å². The monoisotopic (exact) mass is 263 g/mol. The lowest BCUT2D eigenvalue weighted by Gasteiger charge is -2.08. The van der Waals surface area contributed by atoms with Crippen LogP contribution in [-0.4, -0.2) is 15.9 Å². The van der Waals surface area contributed by atoms with Crippen LogP contribution in [0.2, 0.25) is 0 Å². The van der Waals surface area contributed by atoms with E-state index in [1.807, 2.05) is 25.1 Å². The zero-order valence-corrected chi connectivity index (χ0v) is 11.0. The molecule has 0 bridgehead atoms. The smallest absolute Gasteiger partial charge is 0.257 e. The van der Waals surface area contributed by atoms with Gasteiger partial charge in [0.05, 0.1) is 16.8 Å². The molecule has 0 aliphatic heterocycles. The quantitative estimate of drug-likeness (QED) is 0.772. The average Bonchev–Trinajstić information content (AvgIpc) is 2.49. The number of amides is 1. The molecular weight excluding hydrogens is 250 g/mol. The summed E-state index contributed by atoms with van der Waals surface area (Å²) in [5.74, 6) is -0.174. The number of anilines is 1. The van der Waals surface area contributed by atoms with E-state index in [9.17, 15) is 4.79 Å². The predicted molar refractivity (Wildman–Crippen MR) is 78.7 cm³/mol. The molecule has 0 fully saturated rings. The number of hydrogen-bond donors (Lipinski definition) is 1. The number of rotatable bonds is 2. The Morgan fingerprint density at radius 3 is 2.85 bits per heavy atom. The van der Waals surface area contributed by atoms with Gasteiger partial charge in [-0.05, 0) is 37.3 Å². The molecule has 0 saturated heterocycles. The van der Waals surface area contributed by atoms with Crippen LogP contribution in [-0.2, 0) is 0 Å². The fraction of sp³-hybridized carbons (Fsp3) is 0.0625. The van der Waals surface area contributed by atoms with Crippen molar-refractivity contribution in [1.82, 2.24) is 9.97 Å². The van der Waals surface area contributed by atoms with Gasteiger partial charge in [-0.25, -0.2) is 0 Å². The summed E-state index contributed by atoms with van der Waals surface area (Å²) < 4.78 is 0. The van der Waals surface area contributed by atoms with E-state index < -0.39 is 0 Å². The van der Waals surface area contributed by atoms with Crippen molar-refractivity contribution in [2.24, 2.45) is 0 Å². The molecule has 0 aliphatic carbocycles. The molecule has 0 unspecified atom stereocenters. The van der Waals surface area contributed by atoms with E-state index in [0.717, 1.165) is 22.2 Å². The first-order valence-electron chi connectivity index (χ1n) is 6.31. The Labute approximate surface area is 116 Å².